The molecule has 1 amide bonds. The van der Waals surface area contributed by atoms with Gasteiger partial charge >= 0.3 is 0 Å². The molecule has 1 aliphatic heterocycles. The second-order valence-corrected chi connectivity index (χ2v) is 6.75. The normalized spacial score (nSPS) is 21.9. The monoisotopic (exact) mass is 316 g/mol. The number of hydrogen-bond donors (Lipinski definition) is 0. The van der Waals surface area contributed by atoms with E-state index in [9.17, 15) is 4.79 Å². The Morgan fingerprint density at radius 1 is 1.43 bits per heavy atom. The van der Waals surface area contributed by atoms with Crippen LogP contribution in [0.15, 0.2) is 12.3 Å². The van der Waals surface area contributed by atoms with E-state index in [-0.39, 0.29) is 12.0 Å². The van der Waals surface area contributed by atoms with Crippen molar-refractivity contribution < 1.29 is 9.53 Å². The van der Waals surface area contributed by atoms with Crippen molar-refractivity contribution in [3.05, 3.63) is 23.5 Å². The van der Waals surface area contributed by atoms with Crippen LogP contribution in [-0.4, -0.2) is 66.2 Å². The molecule has 3 rings (SSSR count). The summed E-state index contributed by atoms with van der Waals surface area (Å²) in [5, 5.41) is 9.03. The van der Waals surface area contributed by atoms with Crippen LogP contribution >= 0.6 is 0 Å². The predicted molar refractivity (Wildman–Crippen MR) is 86.0 cm³/mol. The van der Waals surface area contributed by atoms with E-state index >= 15 is 0 Å². The van der Waals surface area contributed by atoms with E-state index in [1.165, 1.54) is 12.8 Å². The molecule has 1 saturated carbocycles. The number of ether oxygens (including phenoxy) is 1. The van der Waals surface area contributed by atoms with Crippen LogP contribution < -0.4 is 0 Å². The van der Waals surface area contributed by atoms with Crippen molar-refractivity contribution in [3.63, 3.8) is 0 Å². The lowest BCUT2D eigenvalue weighted by Gasteiger charge is -2.34. The van der Waals surface area contributed by atoms with Crippen molar-refractivity contribution in [1.29, 1.82) is 5.26 Å². The summed E-state index contributed by atoms with van der Waals surface area (Å²) in [6.07, 6.45) is 4.16. The lowest BCUT2D eigenvalue weighted by atomic mass is 10.2. The van der Waals surface area contributed by atoms with E-state index in [1.54, 1.807) is 16.8 Å². The molecule has 0 aromatic carbocycles. The number of nitrogens with zero attached hydrogens (tertiary/aromatic N) is 4. The van der Waals surface area contributed by atoms with Crippen LogP contribution in [-0.2, 0) is 11.8 Å². The van der Waals surface area contributed by atoms with E-state index < -0.39 is 0 Å². The highest BCUT2D eigenvalue weighted by Crippen LogP contribution is 2.30. The zero-order valence-corrected chi connectivity index (χ0v) is 13.9. The molecule has 0 unspecified atom stereocenters. The van der Waals surface area contributed by atoms with Gasteiger partial charge in [-0.1, -0.05) is 0 Å². The molecule has 1 atom stereocenters. The summed E-state index contributed by atoms with van der Waals surface area (Å²) in [4.78, 5) is 17.1. The number of likely N-dealkylation sites (N-methyl/N-ethyl adjacent to an activating group) is 1. The Kier molecular flexibility index (Phi) is 4.69. The van der Waals surface area contributed by atoms with Crippen LogP contribution in [0.3, 0.4) is 0 Å². The highest BCUT2D eigenvalue weighted by atomic mass is 16.5. The van der Waals surface area contributed by atoms with Gasteiger partial charge in [-0.25, -0.2) is 0 Å². The quantitative estimate of drug-likeness (QED) is 0.815. The first-order valence-corrected chi connectivity index (χ1v) is 8.22. The fourth-order valence-corrected chi connectivity index (χ4v) is 3.08. The van der Waals surface area contributed by atoms with Gasteiger partial charge in [-0.05, 0) is 31.9 Å². The zero-order chi connectivity index (χ0) is 16.4. The number of carbonyl (C=O) groups excluding carboxylic acids is 1. The number of hydrogen-bond acceptors (Lipinski definition) is 4. The van der Waals surface area contributed by atoms with E-state index in [0.29, 0.717) is 23.7 Å². The standard InChI is InChI=1S/C17H24N4O2/c1-19-5-6-23-15(11-19)12-21(10-13-3-4-13)17(22)16-7-14(8-18)9-20(16)2/h7,9,13,15H,3-6,10-12H2,1-2H3/t15-/m1/s1. The van der Waals surface area contributed by atoms with Crippen LogP contribution in [0.25, 0.3) is 0 Å². The molecule has 0 spiro atoms. The van der Waals surface area contributed by atoms with Crippen LogP contribution in [0.5, 0.6) is 0 Å². The molecule has 0 radical (unpaired) electrons. The molecule has 6 nitrogen and oxygen atoms in total. The second-order valence-electron chi connectivity index (χ2n) is 6.75. The van der Waals surface area contributed by atoms with Gasteiger partial charge in [-0.3, -0.25) is 4.79 Å². The number of aromatic nitrogens is 1. The van der Waals surface area contributed by atoms with Gasteiger partial charge in [0.1, 0.15) is 11.8 Å². The highest BCUT2D eigenvalue weighted by molar-refractivity contribution is 5.93. The van der Waals surface area contributed by atoms with E-state index in [4.69, 9.17) is 10.00 Å². The van der Waals surface area contributed by atoms with Gasteiger partial charge in [0.15, 0.2) is 0 Å². The summed E-state index contributed by atoms with van der Waals surface area (Å²) in [5.41, 5.74) is 1.10. The van der Waals surface area contributed by atoms with Crippen molar-refractivity contribution in [2.24, 2.45) is 13.0 Å². The first-order valence-electron chi connectivity index (χ1n) is 8.22. The van der Waals surface area contributed by atoms with Crippen LogP contribution in [0.4, 0.5) is 0 Å². The van der Waals surface area contributed by atoms with E-state index in [0.717, 1.165) is 26.2 Å². The molecule has 1 aromatic heterocycles. The van der Waals surface area contributed by atoms with E-state index in [2.05, 4.69) is 18.0 Å². The minimum absolute atomic E-state index is 0.00211. The first kappa shape index (κ1) is 16.0. The Hall–Kier alpha value is -1.84. The zero-order valence-electron chi connectivity index (χ0n) is 13.9. The van der Waals surface area contributed by atoms with Crippen LogP contribution in [0.1, 0.15) is 28.9 Å². The molecule has 0 N–H and O–H groups in total. The van der Waals surface area contributed by atoms with Crippen molar-refractivity contribution >= 4 is 5.91 Å². The van der Waals surface area contributed by atoms with Gasteiger partial charge in [-0.15, -0.1) is 0 Å². The first-order chi connectivity index (χ1) is 11.1. The molecule has 1 aromatic rings. The smallest absolute Gasteiger partial charge is 0.270 e. The fraction of sp³-hybridized carbons (Fsp3) is 0.647. The molecule has 0 bridgehead atoms. The average molecular weight is 316 g/mol. The van der Waals surface area contributed by atoms with Gasteiger partial charge in [-0.2, -0.15) is 5.26 Å². The Bertz CT molecular complexity index is 615. The third-order valence-electron chi connectivity index (χ3n) is 4.58. The van der Waals surface area contributed by atoms with Crippen molar-refractivity contribution in [2.75, 3.05) is 39.8 Å². The molecular weight excluding hydrogens is 292 g/mol. The predicted octanol–water partition coefficient (Wildman–Crippen LogP) is 1.08. The lowest BCUT2D eigenvalue weighted by molar-refractivity contribution is -0.0332. The van der Waals surface area contributed by atoms with Crippen molar-refractivity contribution in [1.82, 2.24) is 14.4 Å². The summed E-state index contributed by atoms with van der Waals surface area (Å²) in [7, 11) is 3.90. The number of carbonyl (C=O) groups is 1. The molecule has 124 valence electrons. The largest absolute Gasteiger partial charge is 0.374 e. The Balaban J connectivity index is 1.73. The van der Waals surface area contributed by atoms with Gasteiger partial charge in [0.05, 0.1) is 18.3 Å². The maximum atomic E-state index is 12.9. The Morgan fingerprint density at radius 2 is 2.22 bits per heavy atom. The third kappa shape index (κ3) is 3.92. The molecule has 2 heterocycles. The summed E-state index contributed by atoms with van der Waals surface area (Å²) < 4.78 is 7.57. The van der Waals surface area contributed by atoms with Crippen LogP contribution in [0, 0.1) is 17.2 Å². The van der Waals surface area contributed by atoms with Crippen LogP contribution in [0.2, 0.25) is 0 Å². The summed E-state index contributed by atoms with van der Waals surface area (Å²) in [5.74, 6) is 0.619. The topological polar surface area (TPSA) is 61.5 Å². The maximum absolute atomic E-state index is 12.9. The molecule has 2 aliphatic rings. The molecule has 2 fully saturated rings. The van der Waals surface area contributed by atoms with Gasteiger partial charge < -0.3 is 19.1 Å². The van der Waals surface area contributed by atoms with Crippen molar-refractivity contribution in [3.8, 4) is 6.07 Å². The Labute approximate surface area is 137 Å². The third-order valence-corrected chi connectivity index (χ3v) is 4.58. The summed E-state index contributed by atoms with van der Waals surface area (Å²) in [6, 6.07) is 3.78. The van der Waals surface area contributed by atoms with Gasteiger partial charge in [0.2, 0.25) is 0 Å². The Morgan fingerprint density at radius 3 is 2.83 bits per heavy atom. The van der Waals surface area contributed by atoms with E-state index in [1.807, 2.05) is 11.9 Å². The SMILES string of the molecule is CN1CCO[C@@H](CN(CC2CC2)C(=O)c2cc(C#N)cn2C)C1. The molecule has 1 aliphatic carbocycles. The summed E-state index contributed by atoms with van der Waals surface area (Å²) >= 11 is 0. The molecule has 23 heavy (non-hydrogen) atoms. The molecule has 6 heteroatoms. The fourth-order valence-electron chi connectivity index (χ4n) is 3.08. The van der Waals surface area contributed by atoms with Gasteiger partial charge in [0.25, 0.3) is 5.91 Å². The highest BCUT2D eigenvalue weighted by Gasteiger charge is 2.31. The molecular formula is C17H24N4O2. The number of nitriles is 1. The second kappa shape index (κ2) is 6.73. The number of aryl methyl sites for hydroxylation is 1. The number of amides is 1. The minimum atomic E-state index is -0.00211. The average Bonchev–Trinajstić information content (AvgIpc) is 3.26. The maximum Gasteiger partial charge on any atom is 0.270 e. The summed E-state index contributed by atoms with van der Waals surface area (Å²) in [6.45, 7) is 3.92. The number of rotatable bonds is 5. The molecule has 1 saturated heterocycles. The number of morpholine rings is 1. The lowest BCUT2D eigenvalue weighted by Crippen LogP contribution is -2.48. The minimum Gasteiger partial charge on any atom is -0.374 e. The van der Waals surface area contributed by atoms with Gasteiger partial charge in [0, 0.05) is 39.4 Å². The van der Waals surface area contributed by atoms with Crippen molar-refractivity contribution in [2.45, 2.75) is 18.9 Å².